The Hall–Kier alpha value is -5.97. The minimum absolute atomic E-state index is 0.00865. The maximum absolute atomic E-state index is 14.5. The van der Waals surface area contributed by atoms with E-state index in [4.69, 9.17) is 5.10 Å². The van der Waals surface area contributed by atoms with Crippen LogP contribution in [0.25, 0.3) is 22.0 Å². The molecule has 1 saturated heterocycles. The van der Waals surface area contributed by atoms with Crippen molar-refractivity contribution in [3.05, 3.63) is 155 Å². The normalized spacial score (nSPS) is 15.1. The molecule has 1 aliphatic heterocycles. The van der Waals surface area contributed by atoms with Crippen molar-refractivity contribution in [2.24, 2.45) is 5.92 Å². The summed E-state index contributed by atoms with van der Waals surface area (Å²) >= 11 is 0. The Morgan fingerprint density at radius 2 is 1.37 bits per heavy atom. The predicted molar refractivity (Wildman–Crippen MR) is 186 cm³/mol. The first-order valence-corrected chi connectivity index (χ1v) is 16.4. The highest BCUT2D eigenvalue weighted by Crippen LogP contribution is 2.45. The third-order valence-electron chi connectivity index (χ3n) is 9.47. The number of aromatic nitrogens is 2. The predicted octanol–water partition coefficient (Wildman–Crippen LogP) is 9.03. The lowest BCUT2D eigenvalue weighted by Crippen LogP contribution is -2.43. The van der Waals surface area contributed by atoms with Crippen LogP contribution in [0, 0.1) is 11.7 Å². The fourth-order valence-corrected chi connectivity index (χ4v) is 7.12. The van der Waals surface area contributed by atoms with Crippen LogP contribution in [-0.2, 0) is 16.5 Å². The Labute approximate surface area is 290 Å². The van der Waals surface area contributed by atoms with E-state index in [9.17, 15) is 32.3 Å². The highest BCUT2D eigenvalue weighted by atomic mass is 19.4. The monoisotopic (exact) mass is 692 g/mol. The average Bonchev–Trinajstić information content (AvgIpc) is 3.50. The van der Waals surface area contributed by atoms with Crippen molar-refractivity contribution >= 4 is 28.7 Å². The smallest absolute Gasteiger partial charge is 0.417 e. The van der Waals surface area contributed by atoms with Crippen LogP contribution in [0.15, 0.2) is 127 Å². The van der Waals surface area contributed by atoms with E-state index < -0.39 is 41.0 Å². The Balaban J connectivity index is 1.50. The van der Waals surface area contributed by atoms with Crippen LogP contribution >= 0.6 is 0 Å². The molecule has 11 heteroatoms. The highest BCUT2D eigenvalue weighted by Gasteiger charge is 2.42. The summed E-state index contributed by atoms with van der Waals surface area (Å²) in [6.45, 7) is 0.300. The highest BCUT2D eigenvalue weighted by molar-refractivity contribution is 6.02. The topological polar surface area (TPSA) is 87.5 Å². The van der Waals surface area contributed by atoms with Gasteiger partial charge in [-0.15, -0.1) is 0 Å². The number of piperidine rings is 1. The zero-order chi connectivity index (χ0) is 35.8. The number of anilines is 1. The van der Waals surface area contributed by atoms with Crippen molar-refractivity contribution in [3.8, 4) is 11.1 Å². The zero-order valence-electron chi connectivity index (χ0n) is 27.1. The molecule has 0 spiro atoms. The number of halogens is 4. The standard InChI is InChI=1S/C40H32F4N4O3/c41-31-19-20-34(40(42,43)44)32(24-31)26-18-21-35-33(23-26)36(45-37(49)27-11-10-22-47(25-27)38(50)51)46-48(35)39(28-12-4-1-5-13-28,29-14-6-2-7-15-29)30-16-8-3-9-17-30/h1-9,12-21,23-24,27H,10-11,22,25H2,(H,50,51)(H,45,46,49)/t27-/m1/s1. The SMILES string of the molecule is O=C(Nc1nn(C(c2ccccc2)(c2ccccc2)c2ccccc2)c2ccc(-c3cc(F)ccc3C(F)(F)F)cc12)[C@@H]1CCCN(C(=O)O)C1. The van der Waals surface area contributed by atoms with E-state index in [2.05, 4.69) is 5.32 Å². The van der Waals surface area contributed by atoms with Gasteiger partial charge in [-0.1, -0.05) is 97.1 Å². The van der Waals surface area contributed by atoms with Crippen LogP contribution in [0.1, 0.15) is 35.1 Å². The third kappa shape index (κ3) is 6.20. The molecule has 1 aliphatic rings. The molecule has 5 aromatic carbocycles. The number of alkyl halides is 3. The average molecular weight is 693 g/mol. The van der Waals surface area contributed by atoms with Gasteiger partial charge in [0.1, 0.15) is 11.4 Å². The zero-order valence-corrected chi connectivity index (χ0v) is 27.1. The number of rotatable bonds is 7. The Kier molecular flexibility index (Phi) is 8.80. The Bertz CT molecular complexity index is 2110. The van der Waals surface area contributed by atoms with Gasteiger partial charge in [-0.05, 0) is 71.0 Å². The van der Waals surface area contributed by atoms with Crippen molar-refractivity contribution in [2.75, 3.05) is 18.4 Å². The first-order chi connectivity index (χ1) is 24.6. The van der Waals surface area contributed by atoms with Crippen LogP contribution < -0.4 is 5.32 Å². The maximum atomic E-state index is 14.5. The molecule has 51 heavy (non-hydrogen) atoms. The van der Waals surface area contributed by atoms with Gasteiger partial charge < -0.3 is 15.3 Å². The Morgan fingerprint density at radius 3 is 1.92 bits per heavy atom. The summed E-state index contributed by atoms with van der Waals surface area (Å²) in [6.07, 6.45) is -4.96. The summed E-state index contributed by atoms with van der Waals surface area (Å²) in [5, 5.41) is 17.9. The molecule has 2 heterocycles. The summed E-state index contributed by atoms with van der Waals surface area (Å²) in [4.78, 5) is 26.8. The van der Waals surface area contributed by atoms with Crippen molar-refractivity contribution in [1.82, 2.24) is 14.7 Å². The van der Waals surface area contributed by atoms with Gasteiger partial charge in [-0.25, -0.2) is 13.9 Å². The number of nitrogens with one attached hydrogen (secondary N) is 1. The number of carboxylic acid groups (broad SMARTS) is 1. The second kappa shape index (κ2) is 13.4. The minimum Gasteiger partial charge on any atom is -0.465 e. The van der Waals surface area contributed by atoms with Crippen molar-refractivity contribution in [1.29, 1.82) is 0 Å². The second-order valence-corrected chi connectivity index (χ2v) is 12.5. The molecule has 258 valence electrons. The lowest BCUT2D eigenvalue weighted by molar-refractivity contribution is -0.137. The van der Waals surface area contributed by atoms with Crippen LogP contribution in [0.2, 0.25) is 0 Å². The van der Waals surface area contributed by atoms with Crippen LogP contribution in [0.5, 0.6) is 0 Å². The maximum Gasteiger partial charge on any atom is 0.417 e. The molecule has 0 radical (unpaired) electrons. The molecule has 0 unspecified atom stereocenters. The lowest BCUT2D eigenvalue weighted by Gasteiger charge is -2.37. The molecule has 1 aromatic heterocycles. The van der Waals surface area contributed by atoms with E-state index in [1.165, 1.54) is 17.0 Å². The summed E-state index contributed by atoms with van der Waals surface area (Å²) in [5.74, 6) is -1.91. The largest absolute Gasteiger partial charge is 0.465 e. The van der Waals surface area contributed by atoms with E-state index in [1.807, 2.05) is 91.0 Å². The molecule has 6 aromatic rings. The van der Waals surface area contributed by atoms with E-state index in [1.54, 1.807) is 10.7 Å². The van der Waals surface area contributed by atoms with E-state index >= 15 is 0 Å². The van der Waals surface area contributed by atoms with Gasteiger partial charge in [0.2, 0.25) is 5.91 Å². The van der Waals surface area contributed by atoms with Crippen LogP contribution in [0.3, 0.4) is 0 Å². The second-order valence-electron chi connectivity index (χ2n) is 12.5. The first kappa shape index (κ1) is 33.5. The summed E-state index contributed by atoms with van der Waals surface area (Å²) in [5.41, 5.74) is 0.500. The molecule has 0 aliphatic carbocycles. The molecule has 0 bridgehead atoms. The van der Waals surface area contributed by atoms with Gasteiger partial charge in [0, 0.05) is 18.5 Å². The molecule has 2 N–H and O–H groups in total. The number of benzene rings is 5. The fourth-order valence-electron chi connectivity index (χ4n) is 7.12. The van der Waals surface area contributed by atoms with E-state index in [-0.39, 0.29) is 23.5 Å². The number of nitrogens with zero attached hydrogens (tertiary/aromatic N) is 3. The number of hydrogen-bond donors (Lipinski definition) is 2. The van der Waals surface area contributed by atoms with Crippen molar-refractivity contribution in [2.45, 2.75) is 24.6 Å². The van der Waals surface area contributed by atoms with Crippen LogP contribution in [0.4, 0.5) is 28.2 Å². The molecular weight excluding hydrogens is 660 g/mol. The van der Waals surface area contributed by atoms with Gasteiger partial charge in [-0.2, -0.15) is 18.3 Å². The third-order valence-corrected chi connectivity index (χ3v) is 9.47. The van der Waals surface area contributed by atoms with E-state index in [0.717, 1.165) is 28.8 Å². The molecular formula is C40H32F4N4O3. The first-order valence-electron chi connectivity index (χ1n) is 16.4. The molecule has 7 rings (SSSR count). The molecule has 1 fully saturated rings. The molecule has 2 amide bonds. The number of hydrogen-bond acceptors (Lipinski definition) is 3. The van der Waals surface area contributed by atoms with Gasteiger partial charge in [-0.3, -0.25) is 4.79 Å². The summed E-state index contributed by atoms with van der Waals surface area (Å²) in [7, 11) is 0. The van der Waals surface area contributed by atoms with Gasteiger partial charge in [0.25, 0.3) is 0 Å². The Morgan fingerprint density at radius 1 is 0.784 bits per heavy atom. The number of amides is 2. The fraction of sp³-hybridized carbons (Fsp3) is 0.175. The summed E-state index contributed by atoms with van der Waals surface area (Å²) in [6, 6.07) is 35.8. The van der Waals surface area contributed by atoms with Crippen molar-refractivity contribution in [3.63, 3.8) is 0 Å². The number of fused-ring (bicyclic) bond motifs is 1. The number of carbonyl (C=O) groups excluding carboxylic acids is 1. The minimum atomic E-state index is -4.76. The quantitative estimate of drug-likeness (QED) is 0.129. The van der Waals surface area contributed by atoms with Crippen molar-refractivity contribution < 1.29 is 32.3 Å². The lowest BCUT2D eigenvalue weighted by atomic mass is 9.77. The molecule has 0 saturated carbocycles. The number of likely N-dealkylation sites (tertiary alicyclic amines) is 1. The van der Waals surface area contributed by atoms with Gasteiger partial charge >= 0.3 is 12.3 Å². The van der Waals surface area contributed by atoms with Gasteiger partial charge in [0.15, 0.2) is 5.82 Å². The number of carbonyl (C=O) groups is 2. The molecule has 7 nitrogen and oxygen atoms in total. The van der Waals surface area contributed by atoms with E-state index in [0.29, 0.717) is 36.4 Å². The van der Waals surface area contributed by atoms with Gasteiger partial charge in [0.05, 0.1) is 17.0 Å². The van der Waals surface area contributed by atoms with Crippen LogP contribution in [-0.4, -0.2) is 44.9 Å². The molecule has 1 atom stereocenters. The summed E-state index contributed by atoms with van der Waals surface area (Å²) < 4.78 is 58.9.